The SMILES string of the molecule is CC(C)(C)[N+]12CN3CN(C1)C[N+](C(C)(C)C)(C3)C2. The third-order valence-corrected chi connectivity index (χ3v) is 5.67. The molecule has 0 spiro atoms. The Morgan fingerprint density at radius 2 is 1.00 bits per heavy atom. The van der Waals surface area contributed by atoms with Gasteiger partial charge in [0, 0.05) is 0 Å². The van der Waals surface area contributed by atoms with Crippen molar-refractivity contribution < 1.29 is 8.97 Å². The molecule has 4 rings (SSSR count). The maximum atomic E-state index is 2.67. The van der Waals surface area contributed by atoms with Crippen LogP contribution in [0.15, 0.2) is 0 Å². The van der Waals surface area contributed by atoms with Gasteiger partial charge in [0.2, 0.25) is 6.67 Å². The van der Waals surface area contributed by atoms with E-state index in [1.807, 2.05) is 0 Å². The van der Waals surface area contributed by atoms with E-state index in [1.165, 1.54) is 49.0 Å². The highest BCUT2D eigenvalue weighted by Gasteiger charge is 2.64. The van der Waals surface area contributed by atoms with E-state index in [-0.39, 0.29) is 0 Å². The molecule has 0 aromatic rings. The largest absolute Gasteiger partial charge is 0.248 e. The fourth-order valence-electron chi connectivity index (χ4n) is 4.14. The summed E-state index contributed by atoms with van der Waals surface area (Å²) in [7, 11) is 0. The first-order valence-corrected chi connectivity index (χ1v) is 7.24. The quantitative estimate of drug-likeness (QED) is 0.606. The summed E-state index contributed by atoms with van der Waals surface area (Å²) in [5.74, 6) is 0. The average molecular weight is 254 g/mol. The second-order valence-corrected chi connectivity index (χ2v) is 8.82. The molecule has 4 heteroatoms. The monoisotopic (exact) mass is 254 g/mol. The first-order chi connectivity index (χ1) is 8.07. The molecule has 4 fully saturated rings. The van der Waals surface area contributed by atoms with Gasteiger partial charge in [0.15, 0.2) is 0 Å². The van der Waals surface area contributed by atoms with Gasteiger partial charge in [0.1, 0.15) is 26.7 Å². The fraction of sp³-hybridized carbons (Fsp3) is 1.00. The highest BCUT2D eigenvalue weighted by molar-refractivity contribution is 4.77. The molecule has 0 atom stereocenters. The molecule has 0 aromatic heterocycles. The topological polar surface area (TPSA) is 6.48 Å². The average Bonchev–Trinajstić information content (AvgIpc) is 2.11. The summed E-state index contributed by atoms with van der Waals surface area (Å²) in [6.45, 7) is 22.0. The van der Waals surface area contributed by atoms with Crippen molar-refractivity contribution in [3.63, 3.8) is 0 Å². The van der Waals surface area contributed by atoms with E-state index in [0.717, 1.165) is 0 Å². The van der Waals surface area contributed by atoms with Gasteiger partial charge in [-0.25, -0.2) is 8.97 Å². The van der Waals surface area contributed by atoms with Crippen molar-refractivity contribution in [1.29, 1.82) is 0 Å². The van der Waals surface area contributed by atoms with E-state index in [2.05, 4.69) is 51.3 Å². The van der Waals surface area contributed by atoms with Gasteiger partial charge in [-0.3, -0.25) is 0 Å². The van der Waals surface area contributed by atoms with Crippen LogP contribution in [0.25, 0.3) is 0 Å². The predicted octanol–water partition coefficient (Wildman–Crippen LogP) is 1.61. The summed E-state index contributed by atoms with van der Waals surface area (Å²) >= 11 is 0. The molecule has 0 N–H and O–H groups in total. The highest BCUT2D eigenvalue weighted by atomic mass is 15.8. The van der Waals surface area contributed by atoms with E-state index < -0.39 is 0 Å². The summed E-state index contributed by atoms with van der Waals surface area (Å²) in [6, 6.07) is 0. The van der Waals surface area contributed by atoms with Crippen molar-refractivity contribution in [2.24, 2.45) is 0 Å². The lowest BCUT2D eigenvalue weighted by molar-refractivity contribution is -1.20. The van der Waals surface area contributed by atoms with Crippen LogP contribution in [-0.4, -0.2) is 69.9 Å². The number of hydrogen-bond donors (Lipinski definition) is 0. The van der Waals surface area contributed by atoms with Crippen LogP contribution in [0.5, 0.6) is 0 Å². The van der Waals surface area contributed by atoms with Gasteiger partial charge in [-0.05, 0) is 41.5 Å². The van der Waals surface area contributed by atoms with Crippen molar-refractivity contribution in [1.82, 2.24) is 9.80 Å². The number of quaternary nitrogens is 2. The fourth-order valence-corrected chi connectivity index (χ4v) is 4.14. The van der Waals surface area contributed by atoms with Gasteiger partial charge in [0.25, 0.3) is 0 Å². The Bertz CT molecular complexity index is 317. The molecule has 0 radical (unpaired) electrons. The van der Waals surface area contributed by atoms with Gasteiger partial charge < -0.3 is 0 Å². The molecule has 0 saturated carbocycles. The van der Waals surface area contributed by atoms with Crippen molar-refractivity contribution in [3.05, 3.63) is 0 Å². The zero-order valence-electron chi connectivity index (χ0n) is 13.0. The molecule has 104 valence electrons. The molecule has 0 aromatic carbocycles. The molecule has 4 nitrogen and oxygen atoms in total. The second kappa shape index (κ2) is 3.29. The lowest BCUT2D eigenvalue weighted by atomic mass is 9.95. The first kappa shape index (κ1) is 12.9. The Hall–Kier alpha value is -0.160. The Balaban J connectivity index is 2.03. The van der Waals surface area contributed by atoms with Gasteiger partial charge in [-0.15, -0.1) is 0 Å². The zero-order chi connectivity index (χ0) is 13.4. The zero-order valence-corrected chi connectivity index (χ0v) is 13.0. The van der Waals surface area contributed by atoms with Crippen LogP contribution in [-0.2, 0) is 0 Å². The molecule has 4 saturated heterocycles. The van der Waals surface area contributed by atoms with Gasteiger partial charge in [-0.1, -0.05) is 0 Å². The van der Waals surface area contributed by atoms with E-state index in [0.29, 0.717) is 11.1 Å². The number of nitrogens with zero attached hydrogens (tertiary/aromatic N) is 4. The molecule has 0 aliphatic carbocycles. The van der Waals surface area contributed by atoms with Crippen molar-refractivity contribution in [2.75, 3.05) is 40.0 Å². The Labute approximate surface area is 112 Å². The van der Waals surface area contributed by atoms with Crippen LogP contribution in [0.1, 0.15) is 41.5 Å². The van der Waals surface area contributed by atoms with Crippen molar-refractivity contribution in [3.8, 4) is 0 Å². The molecular weight excluding hydrogens is 224 g/mol. The van der Waals surface area contributed by atoms with E-state index in [4.69, 9.17) is 0 Å². The van der Waals surface area contributed by atoms with Crippen LogP contribution >= 0.6 is 0 Å². The minimum atomic E-state index is 0.340. The van der Waals surface area contributed by atoms with E-state index in [1.54, 1.807) is 0 Å². The lowest BCUT2D eigenvalue weighted by Crippen LogP contribution is -2.90. The smallest absolute Gasteiger partial charge is 0.212 e. The van der Waals surface area contributed by atoms with Crippen LogP contribution in [0.4, 0.5) is 0 Å². The maximum Gasteiger partial charge on any atom is 0.212 e. The molecule has 4 bridgehead atoms. The minimum Gasteiger partial charge on any atom is -0.248 e. The molecular formula is C14H30N4+2. The highest BCUT2D eigenvalue weighted by Crippen LogP contribution is 2.43. The van der Waals surface area contributed by atoms with E-state index >= 15 is 0 Å². The second-order valence-electron chi connectivity index (χ2n) is 8.82. The molecule has 0 amide bonds. The van der Waals surface area contributed by atoms with Gasteiger partial charge >= 0.3 is 0 Å². The van der Waals surface area contributed by atoms with Crippen LogP contribution in [0.2, 0.25) is 0 Å². The summed E-state index contributed by atoms with van der Waals surface area (Å²) < 4.78 is 2.48. The van der Waals surface area contributed by atoms with Crippen molar-refractivity contribution in [2.45, 2.75) is 52.6 Å². The summed E-state index contributed by atoms with van der Waals surface area (Å²) in [6.07, 6.45) is 0. The van der Waals surface area contributed by atoms with Gasteiger partial charge in [0.05, 0.1) is 17.7 Å². The summed E-state index contributed by atoms with van der Waals surface area (Å²) in [5, 5.41) is 0. The van der Waals surface area contributed by atoms with Crippen LogP contribution in [0, 0.1) is 0 Å². The molecule has 4 aliphatic rings. The number of rotatable bonds is 0. The first-order valence-electron chi connectivity index (χ1n) is 7.24. The Kier molecular flexibility index (Phi) is 2.35. The molecule has 0 unspecified atom stereocenters. The van der Waals surface area contributed by atoms with Crippen LogP contribution < -0.4 is 0 Å². The Morgan fingerprint density at radius 1 is 0.667 bits per heavy atom. The minimum absolute atomic E-state index is 0.340. The summed E-state index contributed by atoms with van der Waals surface area (Å²) in [4.78, 5) is 5.35. The molecule has 4 aliphatic heterocycles. The normalized spacial score (nSPS) is 47.7. The molecule has 18 heavy (non-hydrogen) atoms. The Morgan fingerprint density at radius 3 is 1.28 bits per heavy atom. The molecule has 4 heterocycles. The standard InChI is InChI=1S/C14H30N4/c1-13(2,3)17-8-15-7-16(9-17)11-18(10-15,12-17)14(4,5)6/h7-12H2,1-6H3/q+2. The van der Waals surface area contributed by atoms with Gasteiger partial charge in [-0.2, -0.15) is 9.80 Å². The number of hydrogen-bond acceptors (Lipinski definition) is 2. The summed E-state index contributed by atoms with van der Waals surface area (Å²) in [5.41, 5.74) is 0.680. The maximum absolute atomic E-state index is 2.67. The lowest BCUT2D eigenvalue weighted by Gasteiger charge is -2.69. The predicted molar refractivity (Wildman–Crippen MR) is 72.9 cm³/mol. The van der Waals surface area contributed by atoms with Crippen molar-refractivity contribution >= 4 is 0 Å². The third-order valence-electron chi connectivity index (χ3n) is 5.67. The third kappa shape index (κ3) is 1.52. The van der Waals surface area contributed by atoms with E-state index in [9.17, 15) is 0 Å². The van der Waals surface area contributed by atoms with Crippen LogP contribution in [0.3, 0.4) is 0 Å².